The highest BCUT2D eigenvalue weighted by Gasteiger charge is 2.43. The Morgan fingerprint density at radius 2 is 1.89 bits per heavy atom. The Morgan fingerprint density at radius 1 is 1.26 bits per heavy atom. The van der Waals surface area contributed by atoms with Gasteiger partial charge >= 0.3 is 5.97 Å². The molecule has 1 aliphatic carbocycles. The summed E-state index contributed by atoms with van der Waals surface area (Å²) in [6.45, 7) is 6.00. The fourth-order valence-electron chi connectivity index (χ4n) is 2.73. The number of nitriles is 1. The minimum absolute atomic E-state index is 0.131. The summed E-state index contributed by atoms with van der Waals surface area (Å²) in [5, 5.41) is 8.84. The molecule has 0 unspecified atom stereocenters. The van der Waals surface area contributed by atoms with Crippen molar-refractivity contribution in [1.29, 1.82) is 5.26 Å². The van der Waals surface area contributed by atoms with Crippen LogP contribution >= 0.6 is 0 Å². The smallest absolute Gasteiger partial charge is 0.306 e. The Hall–Kier alpha value is -1.12. The van der Waals surface area contributed by atoms with Crippen molar-refractivity contribution in [3.63, 3.8) is 0 Å². The van der Waals surface area contributed by atoms with E-state index >= 15 is 0 Å². The number of piperazine rings is 1. The minimum Gasteiger partial charge on any atom is -0.469 e. The second-order valence-corrected chi connectivity index (χ2v) is 5.78. The van der Waals surface area contributed by atoms with Crippen molar-refractivity contribution < 1.29 is 9.53 Å². The molecule has 2 rings (SSSR count). The van der Waals surface area contributed by atoms with Gasteiger partial charge in [0.05, 0.1) is 19.6 Å². The van der Waals surface area contributed by atoms with Gasteiger partial charge in [-0.3, -0.25) is 4.79 Å². The summed E-state index contributed by atoms with van der Waals surface area (Å²) in [6.07, 6.45) is 3.61. The first-order chi connectivity index (χ1) is 9.17. The Kier molecular flexibility index (Phi) is 4.78. The number of hydrogen-bond acceptors (Lipinski definition) is 5. The van der Waals surface area contributed by atoms with Crippen LogP contribution in [0.2, 0.25) is 0 Å². The van der Waals surface area contributed by atoms with Gasteiger partial charge in [-0.05, 0) is 18.3 Å². The third-order valence-corrected chi connectivity index (χ3v) is 4.29. The van der Waals surface area contributed by atoms with Crippen LogP contribution in [0.1, 0.15) is 25.7 Å². The average Bonchev–Trinajstić information content (AvgIpc) is 3.17. The monoisotopic (exact) mass is 265 g/mol. The third kappa shape index (κ3) is 4.19. The fourth-order valence-corrected chi connectivity index (χ4v) is 2.73. The second kappa shape index (κ2) is 6.36. The predicted octanol–water partition coefficient (Wildman–Crippen LogP) is 0.861. The molecule has 1 heterocycles. The van der Waals surface area contributed by atoms with Crippen LogP contribution in [0.15, 0.2) is 0 Å². The maximum Gasteiger partial charge on any atom is 0.306 e. The quantitative estimate of drug-likeness (QED) is 0.667. The van der Waals surface area contributed by atoms with E-state index in [4.69, 9.17) is 5.26 Å². The zero-order valence-electron chi connectivity index (χ0n) is 11.7. The lowest BCUT2D eigenvalue weighted by molar-refractivity contribution is -0.141. The van der Waals surface area contributed by atoms with E-state index < -0.39 is 0 Å². The first kappa shape index (κ1) is 14.3. The summed E-state index contributed by atoms with van der Waals surface area (Å²) in [7, 11) is 1.44. The predicted molar refractivity (Wildman–Crippen MR) is 71.4 cm³/mol. The molecule has 5 nitrogen and oxygen atoms in total. The summed E-state index contributed by atoms with van der Waals surface area (Å²) in [4.78, 5) is 15.9. The molecule has 0 amide bonds. The van der Waals surface area contributed by atoms with E-state index in [0.29, 0.717) is 18.3 Å². The molecular weight excluding hydrogens is 242 g/mol. The van der Waals surface area contributed by atoms with Crippen LogP contribution in [0.25, 0.3) is 0 Å². The highest BCUT2D eigenvalue weighted by molar-refractivity contribution is 5.69. The van der Waals surface area contributed by atoms with Crippen molar-refractivity contribution in [3.8, 4) is 6.07 Å². The molecule has 0 aromatic carbocycles. The van der Waals surface area contributed by atoms with Gasteiger partial charge in [0.2, 0.25) is 0 Å². The van der Waals surface area contributed by atoms with Gasteiger partial charge in [0.1, 0.15) is 0 Å². The van der Waals surface area contributed by atoms with Gasteiger partial charge in [-0.1, -0.05) is 0 Å². The average molecular weight is 265 g/mol. The molecule has 0 aromatic rings. The molecule has 19 heavy (non-hydrogen) atoms. The van der Waals surface area contributed by atoms with Crippen LogP contribution < -0.4 is 0 Å². The maximum atomic E-state index is 11.1. The SMILES string of the molecule is COC(=O)CCN1CCN(CC2(CC#N)CC2)CC1. The van der Waals surface area contributed by atoms with Crippen LogP contribution in [-0.4, -0.2) is 62.1 Å². The van der Waals surface area contributed by atoms with E-state index in [2.05, 4.69) is 20.6 Å². The number of nitrogens with zero attached hydrogens (tertiary/aromatic N) is 3. The van der Waals surface area contributed by atoms with Crippen molar-refractivity contribution in [1.82, 2.24) is 9.80 Å². The molecule has 0 aromatic heterocycles. The Labute approximate surface area is 115 Å². The molecule has 0 radical (unpaired) electrons. The molecule has 2 aliphatic rings. The van der Waals surface area contributed by atoms with Crippen molar-refractivity contribution in [2.45, 2.75) is 25.7 Å². The van der Waals surface area contributed by atoms with Gasteiger partial charge in [-0.25, -0.2) is 0 Å². The summed E-state index contributed by atoms with van der Waals surface area (Å²) in [5.74, 6) is -0.131. The standard InChI is InChI=1S/C14H23N3O2/c1-19-13(18)2-7-16-8-10-17(11-9-16)12-14(3-4-14)5-6-15/h2-5,7-12H2,1H3. The molecular formula is C14H23N3O2. The molecule has 2 fully saturated rings. The van der Waals surface area contributed by atoms with E-state index in [9.17, 15) is 4.79 Å². The van der Waals surface area contributed by atoms with Crippen LogP contribution in [0.4, 0.5) is 0 Å². The highest BCUT2D eigenvalue weighted by atomic mass is 16.5. The molecule has 1 saturated carbocycles. The van der Waals surface area contributed by atoms with E-state index in [0.717, 1.165) is 39.3 Å². The number of esters is 1. The number of hydrogen-bond donors (Lipinski definition) is 0. The number of ether oxygens (including phenoxy) is 1. The molecule has 0 N–H and O–H groups in total. The summed E-state index contributed by atoms with van der Waals surface area (Å²) in [6, 6.07) is 2.32. The summed E-state index contributed by atoms with van der Waals surface area (Å²) >= 11 is 0. The number of carbonyl (C=O) groups excluding carboxylic acids is 1. The zero-order chi connectivity index (χ0) is 13.7. The largest absolute Gasteiger partial charge is 0.469 e. The number of methoxy groups -OCH3 is 1. The molecule has 0 bridgehead atoms. The van der Waals surface area contributed by atoms with Gasteiger partial charge in [0.25, 0.3) is 0 Å². The van der Waals surface area contributed by atoms with Crippen LogP contribution in [0.5, 0.6) is 0 Å². The van der Waals surface area contributed by atoms with Crippen LogP contribution in [0, 0.1) is 16.7 Å². The zero-order valence-corrected chi connectivity index (χ0v) is 11.7. The molecule has 0 atom stereocenters. The Balaban J connectivity index is 1.65. The summed E-state index contributed by atoms with van der Waals surface area (Å²) in [5.41, 5.74) is 0.308. The fraction of sp³-hybridized carbons (Fsp3) is 0.857. The van der Waals surface area contributed by atoms with Gasteiger partial charge in [0, 0.05) is 45.7 Å². The normalized spacial score (nSPS) is 22.7. The van der Waals surface area contributed by atoms with Gasteiger partial charge in [-0.15, -0.1) is 0 Å². The topological polar surface area (TPSA) is 56.6 Å². The van der Waals surface area contributed by atoms with Gasteiger partial charge < -0.3 is 14.5 Å². The number of rotatable bonds is 6. The minimum atomic E-state index is -0.131. The van der Waals surface area contributed by atoms with Crippen LogP contribution in [0.3, 0.4) is 0 Å². The lowest BCUT2D eigenvalue weighted by Crippen LogP contribution is -2.48. The molecule has 106 valence electrons. The molecule has 1 aliphatic heterocycles. The van der Waals surface area contributed by atoms with Crippen molar-refractivity contribution in [3.05, 3.63) is 0 Å². The van der Waals surface area contributed by atoms with E-state index in [1.54, 1.807) is 0 Å². The number of carbonyl (C=O) groups is 1. The van der Waals surface area contributed by atoms with Gasteiger partial charge in [-0.2, -0.15) is 5.26 Å². The van der Waals surface area contributed by atoms with Crippen molar-refractivity contribution in [2.24, 2.45) is 5.41 Å². The van der Waals surface area contributed by atoms with Crippen molar-refractivity contribution in [2.75, 3.05) is 46.4 Å². The highest BCUT2D eigenvalue weighted by Crippen LogP contribution is 2.49. The lowest BCUT2D eigenvalue weighted by Gasteiger charge is -2.36. The van der Waals surface area contributed by atoms with E-state index in [1.165, 1.54) is 20.0 Å². The molecule has 1 saturated heterocycles. The van der Waals surface area contributed by atoms with E-state index in [-0.39, 0.29) is 5.97 Å². The maximum absolute atomic E-state index is 11.1. The second-order valence-electron chi connectivity index (χ2n) is 5.78. The Morgan fingerprint density at radius 3 is 2.42 bits per heavy atom. The van der Waals surface area contributed by atoms with Crippen molar-refractivity contribution >= 4 is 5.97 Å². The Bertz CT molecular complexity index is 352. The summed E-state index contributed by atoms with van der Waals surface area (Å²) < 4.78 is 4.66. The van der Waals surface area contributed by atoms with E-state index in [1.807, 2.05) is 0 Å². The molecule has 5 heteroatoms. The third-order valence-electron chi connectivity index (χ3n) is 4.29. The van der Waals surface area contributed by atoms with Gasteiger partial charge in [0.15, 0.2) is 0 Å². The first-order valence-electron chi connectivity index (χ1n) is 7.06. The van der Waals surface area contributed by atoms with Crippen LogP contribution in [-0.2, 0) is 9.53 Å². The lowest BCUT2D eigenvalue weighted by atomic mass is 10.0. The molecule has 0 spiro atoms. The first-order valence-corrected chi connectivity index (χ1v) is 7.06.